The Kier molecular flexibility index (Phi) is 4.18. The van der Waals surface area contributed by atoms with Crippen molar-refractivity contribution in [2.45, 2.75) is 38.3 Å². The average molecular weight is 342 g/mol. The molecule has 1 aliphatic carbocycles. The summed E-state index contributed by atoms with van der Waals surface area (Å²) in [6, 6.07) is 0.780. The molecule has 1 spiro atoms. The molecule has 2 heterocycles. The van der Waals surface area contributed by atoms with E-state index in [4.69, 9.17) is 0 Å². The maximum Gasteiger partial charge on any atom is 0.433 e. The van der Waals surface area contributed by atoms with Crippen LogP contribution in [0.5, 0.6) is 0 Å². The molecule has 0 atom stereocenters. The highest BCUT2D eigenvalue weighted by Gasteiger charge is 2.52. The number of halogens is 3. The first-order valence-corrected chi connectivity index (χ1v) is 7.81. The lowest BCUT2D eigenvalue weighted by molar-refractivity contribution is -0.142. The Labute approximate surface area is 136 Å². The van der Waals surface area contributed by atoms with Crippen molar-refractivity contribution in [3.8, 4) is 0 Å². The van der Waals surface area contributed by atoms with Crippen LogP contribution in [0.2, 0.25) is 0 Å². The van der Waals surface area contributed by atoms with Crippen molar-refractivity contribution in [1.82, 2.24) is 14.9 Å². The van der Waals surface area contributed by atoms with Crippen molar-refractivity contribution >= 4 is 17.8 Å². The fourth-order valence-electron chi connectivity index (χ4n) is 3.41. The summed E-state index contributed by atoms with van der Waals surface area (Å²) in [7, 11) is 0. The molecular formula is C15H17F3N4O2. The first kappa shape index (κ1) is 16.7. The number of nitrogens with one attached hydrogen (secondary N) is 1. The van der Waals surface area contributed by atoms with E-state index in [9.17, 15) is 22.8 Å². The SMILES string of the molecule is O=C1CC2(CCCC2)C(=O)N1CCNc1nccc(C(F)(F)F)n1. The second-order valence-electron chi connectivity index (χ2n) is 6.20. The fraction of sp³-hybridized carbons (Fsp3) is 0.600. The quantitative estimate of drug-likeness (QED) is 0.849. The van der Waals surface area contributed by atoms with Crippen molar-refractivity contribution in [2.75, 3.05) is 18.4 Å². The zero-order valence-electron chi connectivity index (χ0n) is 12.9. The van der Waals surface area contributed by atoms with E-state index in [0.717, 1.165) is 37.9 Å². The normalized spacial score (nSPS) is 20.2. The van der Waals surface area contributed by atoms with Crippen LogP contribution in [0, 0.1) is 5.41 Å². The molecule has 24 heavy (non-hydrogen) atoms. The fourth-order valence-corrected chi connectivity index (χ4v) is 3.41. The van der Waals surface area contributed by atoms with E-state index in [1.807, 2.05) is 0 Å². The molecule has 0 bridgehead atoms. The predicted molar refractivity (Wildman–Crippen MR) is 77.8 cm³/mol. The summed E-state index contributed by atoms with van der Waals surface area (Å²) >= 11 is 0. The molecular weight excluding hydrogens is 325 g/mol. The Morgan fingerprint density at radius 3 is 2.62 bits per heavy atom. The van der Waals surface area contributed by atoms with E-state index in [2.05, 4.69) is 15.3 Å². The van der Waals surface area contributed by atoms with E-state index in [1.54, 1.807) is 0 Å². The molecule has 1 aromatic heterocycles. The van der Waals surface area contributed by atoms with E-state index >= 15 is 0 Å². The molecule has 2 fully saturated rings. The Balaban J connectivity index is 1.59. The van der Waals surface area contributed by atoms with Crippen molar-refractivity contribution < 1.29 is 22.8 Å². The van der Waals surface area contributed by atoms with Gasteiger partial charge in [-0.25, -0.2) is 9.97 Å². The number of likely N-dealkylation sites (tertiary alicyclic amines) is 1. The van der Waals surface area contributed by atoms with Crippen LogP contribution in [0.15, 0.2) is 12.3 Å². The topological polar surface area (TPSA) is 75.2 Å². The lowest BCUT2D eigenvalue weighted by Gasteiger charge is -2.21. The molecule has 0 aromatic carbocycles. The number of aromatic nitrogens is 2. The third-order valence-corrected chi connectivity index (χ3v) is 4.61. The van der Waals surface area contributed by atoms with E-state index in [-0.39, 0.29) is 37.3 Å². The third kappa shape index (κ3) is 3.07. The minimum absolute atomic E-state index is 0.0963. The van der Waals surface area contributed by atoms with Crippen LogP contribution in [-0.2, 0) is 15.8 Å². The summed E-state index contributed by atoms with van der Waals surface area (Å²) in [6.07, 6.45) is 0.0711. The number of carbonyl (C=O) groups is 2. The summed E-state index contributed by atoms with van der Waals surface area (Å²) in [5.41, 5.74) is -1.58. The van der Waals surface area contributed by atoms with Gasteiger partial charge in [0.15, 0.2) is 0 Å². The second kappa shape index (κ2) is 6.03. The number of carbonyl (C=O) groups excluding carboxylic acids is 2. The van der Waals surface area contributed by atoms with Crippen LogP contribution in [-0.4, -0.2) is 39.8 Å². The molecule has 1 N–H and O–H groups in total. The van der Waals surface area contributed by atoms with Gasteiger partial charge < -0.3 is 5.32 Å². The molecule has 1 aromatic rings. The van der Waals surface area contributed by atoms with Crippen LogP contribution in [0.3, 0.4) is 0 Å². The standard InChI is InChI=1S/C15H17F3N4O2/c16-15(17,18)10-3-6-19-13(21-10)20-7-8-22-11(23)9-14(12(22)24)4-1-2-5-14/h3,6H,1-2,4-5,7-9H2,(H,19,20,21). The summed E-state index contributed by atoms with van der Waals surface area (Å²) in [4.78, 5) is 32.8. The molecule has 1 aliphatic heterocycles. The molecule has 0 unspecified atom stereocenters. The van der Waals surface area contributed by atoms with Crippen molar-refractivity contribution in [3.05, 3.63) is 18.0 Å². The van der Waals surface area contributed by atoms with E-state index < -0.39 is 17.3 Å². The smallest absolute Gasteiger partial charge is 0.352 e. The molecule has 1 saturated heterocycles. The van der Waals surface area contributed by atoms with Gasteiger partial charge >= 0.3 is 6.18 Å². The van der Waals surface area contributed by atoms with Crippen LogP contribution in [0.25, 0.3) is 0 Å². The summed E-state index contributed by atoms with van der Waals surface area (Å²) < 4.78 is 37.8. The number of imide groups is 1. The molecule has 1 saturated carbocycles. The van der Waals surface area contributed by atoms with Gasteiger partial charge in [-0.1, -0.05) is 12.8 Å². The first-order valence-electron chi connectivity index (χ1n) is 7.81. The molecule has 6 nitrogen and oxygen atoms in total. The Bertz CT molecular complexity index is 656. The molecule has 9 heteroatoms. The van der Waals surface area contributed by atoms with Gasteiger partial charge in [-0.05, 0) is 18.9 Å². The highest BCUT2D eigenvalue weighted by Crippen LogP contribution is 2.46. The minimum Gasteiger partial charge on any atom is -0.352 e. The van der Waals surface area contributed by atoms with Crippen LogP contribution < -0.4 is 5.32 Å². The number of alkyl halides is 3. The van der Waals surface area contributed by atoms with Gasteiger partial charge in [0.25, 0.3) is 0 Å². The maximum atomic E-state index is 12.6. The lowest BCUT2D eigenvalue weighted by Crippen LogP contribution is -2.37. The van der Waals surface area contributed by atoms with Gasteiger partial charge in [-0.2, -0.15) is 13.2 Å². The monoisotopic (exact) mass is 342 g/mol. The number of rotatable bonds is 4. The van der Waals surface area contributed by atoms with Crippen molar-refractivity contribution in [3.63, 3.8) is 0 Å². The summed E-state index contributed by atoms with van der Waals surface area (Å²) in [5, 5.41) is 2.64. The highest BCUT2D eigenvalue weighted by molar-refractivity contribution is 6.06. The highest BCUT2D eigenvalue weighted by atomic mass is 19.4. The Hall–Kier alpha value is -2.19. The van der Waals surface area contributed by atoms with Gasteiger partial charge in [-0.15, -0.1) is 0 Å². The van der Waals surface area contributed by atoms with Gasteiger partial charge in [0, 0.05) is 25.7 Å². The summed E-state index contributed by atoms with van der Waals surface area (Å²) in [6.45, 7) is 0.202. The zero-order chi connectivity index (χ0) is 17.4. The van der Waals surface area contributed by atoms with Crippen LogP contribution in [0.1, 0.15) is 37.8 Å². The molecule has 2 aliphatic rings. The van der Waals surface area contributed by atoms with Crippen molar-refractivity contribution in [2.24, 2.45) is 5.41 Å². The number of hydrogen-bond acceptors (Lipinski definition) is 5. The Morgan fingerprint density at radius 2 is 1.96 bits per heavy atom. The number of amides is 2. The van der Waals surface area contributed by atoms with Crippen LogP contribution >= 0.6 is 0 Å². The number of anilines is 1. The zero-order valence-corrected chi connectivity index (χ0v) is 12.9. The Morgan fingerprint density at radius 1 is 1.25 bits per heavy atom. The van der Waals surface area contributed by atoms with Gasteiger partial charge in [0.05, 0.1) is 5.41 Å². The van der Waals surface area contributed by atoms with Crippen LogP contribution in [0.4, 0.5) is 19.1 Å². The second-order valence-corrected chi connectivity index (χ2v) is 6.20. The van der Waals surface area contributed by atoms with Crippen molar-refractivity contribution in [1.29, 1.82) is 0 Å². The van der Waals surface area contributed by atoms with Gasteiger partial charge in [0.2, 0.25) is 17.8 Å². The van der Waals surface area contributed by atoms with E-state index in [0.29, 0.717) is 0 Å². The molecule has 0 radical (unpaired) electrons. The minimum atomic E-state index is -4.55. The maximum absolute atomic E-state index is 12.6. The summed E-state index contributed by atoms with van der Waals surface area (Å²) in [5.74, 6) is -0.551. The molecule has 2 amide bonds. The number of hydrogen-bond donors (Lipinski definition) is 1. The lowest BCUT2D eigenvalue weighted by atomic mass is 9.84. The van der Waals surface area contributed by atoms with E-state index in [1.165, 1.54) is 4.90 Å². The largest absolute Gasteiger partial charge is 0.433 e. The average Bonchev–Trinajstić information content (AvgIpc) is 3.08. The van der Waals surface area contributed by atoms with Gasteiger partial charge in [0.1, 0.15) is 5.69 Å². The third-order valence-electron chi connectivity index (χ3n) is 4.61. The molecule has 130 valence electrons. The van der Waals surface area contributed by atoms with Gasteiger partial charge in [-0.3, -0.25) is 14.5 Å². The number of nitrogens with zero attached hydrogens (tertiary/aromatic N) is 3. The first-order chi connectivity index (χ1) is 11.3. The predicted octanol–water partition coefficient (Wildman–Crippen LogP) is 2.23. The molecule has 3 rings (SSSR count).